The van der Waals surface area contributed by atoms with Crippen LogP contribution in [0.25, 0.3) is 124 Å². The fourth-order valence-electron chi connectivity index (χ4n) is 10.9. The van der Waals surface area contributed by atoms with Gasteiger partial charge in [-0.15, -0.1) is 0 Å². The molecule has 1 aliphatic rings. The Labute approximate surface area is 528 Å². The van der Waals surface area contributed by atoms with Gasteiger partial charge in [0.1, 0.15) is 0 Å². The van der Waals surface area contributed by atoms with Crippen molar-refractivity contribution in [1.29, 1.82) is 0 Å². The highest BCUT2D eigenvalue weighted by Crippen LogP contribution is 2.33. The molecule has 0 unspecified atom stereocenters. The molecule has 1 aliphatic carbocycles. The molecule has 15 aromatic rings. The fourth-order valence-corrected chi connectivity index (χ4v) is 12.1. The van der Waals surface area contributed by atoms with E-state index in [4.69, 9.17) is 29.9 Å². The van der Waals surface area contributed by atoms with E-state index in [9.17, 15) is 0 Å². The molecule has 5 aromatic heterocycles. The lowest BCUT2D eigenvalue weighted by Crippen LogP contribution is -2.02. The summed E-state index contributed by atoms with van der Waals surface area (Å²) in [5, 5.41) is 3.58. The van der Waals surface area contributed by atoms with Crippen LogP contribution in [-0.4, -0.2) is 43.6 Å². The van der Waals surface area contributed by atoms with Gasteiger partial charge in [0.05, 0.1) is 16.6 Å². The van der Waals surface area contributed by atoms with E-state index in [1.807, 2.05) is 72.8 Å². The molecular weight excluding hydrogens is 1270 g/mol. The standard InChI is InChI=1S/C45H30N6.C21H12Br3N3.C9H8/c1-4-19-40-31(10-1)22-25-49(40)37-16-7-13-34(28-37)43-46-44(35-14-8-17-38(29-35)50-26-23-32-11-2-5-20-41(32)50)48-45(47-43)36-15-9-18-39(30-36)51-27-24-33-12-3-6-21-42(33)51;22-16-7-1-4-13(10-16)19-25-20(14-5-2-8-17(23)11-14)27-21(26-19)15-6-3-9-18(24)12-15;1-2-5-9-7-3-6-8(9)4-1/h1-30H;1-12H;1-6H,7H2. The van der Waals surface area contributed by atoms with Crippen molar-refractivity contribution in [3.05, 3.63) is 310 Å². The van der Waals surface area contributed by atoms with E-state index in [0.29, 0.717) is 34.9 Å². The molecule has 5 heterocycles. The van der Waals surface area contributed by atoms with Crippen LogP contribution in [0.1, 0.15) is 11.1 Å². The molecule has 0 spiro atoms. The van der Waals surface area contributed by atoms with Gasteiger partial charge in [0.2, 0.25) is 0 Å². The maximum Gasteiger partial charge on any atom is 0.164 e. The molecule has 0 saturated carbocycles. The van der Waals surface area contributed by atoms with Gasteiger partial charge < -0.3 is 13.7 Å². The molecule has 9 nitrogen and oxygen atoms in total. The summed E-state index contributed by atoms with van der Waals surface area (Å²) in [4.78, 5) is 29.6. The maximum absolute atomic E-state index is 5.14. The second-order valence-corrected chi connectivity index (χ2v) is 23.6. The number of rotatable bonds is 9. The number of nitrogens with zero attached hydrogens (tertiary/aromatic N) is 9. The first-order valence-corrected chi connectivity index (χ1v) is 30.7. The van der Waals surface area contributed by atoms with Gasteiger partial charge in [-0.05, 0) is 143 Å². The number of hydrogen-bond donors (Lipinski definition) is 0. The van der Waals surface area contributed by atoms with Crippen molar-refractivity contribution in [2.75, 3.05) is 0 Å². The molecule has 87 heavy (non-hydrogen) atoms. The average Bonchev–Trinajstić information content (AvgIpc) is 4.58. The number of aromatic nitrogens is 9. The molecule has 0 amide bonds. The predicted octanol–water partition coefficient (Wildman–Crippen LogP) is 20.1. The molecule has 0 aliphatic heterocycles. The molecule has 0 radical (unpaired) electrons. The van der Waals surface area contributed by atoms with Crippen molar-refractivity contribution in [2.24, 2.45) is 0 Å². The number of allylic oxidation sites excluding steroid dienone is 1. The van der Waals surface area contributed by atoms with Crippen LogP contribution in [0.3, 0.4) is 0 Å². The lowest BCUT2D eigenvalue weighted by atomic mass is 10.1. The zero-order chi connectivity index (χ0) is 58.6. The molecule has 416 valence electrons. The minimum Gasteiger partial charge on any atom is -0.317 e. The lowest BCUT2D eigenvalue weighted by molar-refractivity contribution is 1.06. The van der Waals surface area contributed by atoms with Crippen molar-refractivity contribution in [1.82, 2.24) is 43.6 Å². The number of halogens is 3. The lowest BCUT2D eigenvalue weighted by Gasteiger charge is -2.12. The smallest absolute Gasteiger partial charge is 0.164 e. The van der Waals surface area contributed by atoms with Crippen molar-refractivity contribution in [3.63, 3.8) is 0 Å². The van der Waals surface area contributed by atoms with Crippen LogP contribution >= 0.6 is 47.8 Å². The largest absolute Gasteiger partial charge is 0.317 e. The summed E-state index contributed by atoms with van der Waals surface area (Å²) in [5.74, 6) is 3.74. The first-order chi connectivity index (χ1) is 42.8. The Morgan fingerprint density at radius 3 is 0.908 bits per heavy atom. The summed E-state index contributed by atoms with van der Waals surface area (Å²) in [6, 6.07) is 89.3. The quantitative estimate of drug-likeness (QED) is 0.143. The number of para-hydroxylation sites is 3. The second-order valence-electron chi connectivity index (χ2n) is 20.8. The summed E-state index contributed by atoms with van der Waals surface area (Å²) in [5.41, 5.74) is 14.9. The van der Waals surface area contributed by atoms with E-state index < -0.39 is 0 Å². The van der Waals surface area contributed by atoms with Gasteiger partial charge in [0.25, 0.3) is 0 Å². The van der Waals surface area contributed by atoms with E-state index in [0.717, 1.165) is 86.8 Å². The Bertz CT molecular complexity index is 4580. The second kappa shape index (κ2) is 24.5. The Hall–Kier alpha value is -9.98. The van der Waals surface area contributed by atoms with Gasteiger partial charge in [-0.2, -0.15) is 0 Å². The van der Waals surface area contributed by atoms with Crippen LogP contribution in [0.2, 0.25) is 0 Å². The van der Waals surface area contributed by atoms with Crippen molar-refractivity contribution in [2.45, 2.75) is 6.42 Å². The first kappa shape index (κ1) is 54.9. The highest BCUT2D eigenvalue weighted by Gasteiger charge is 2.17. The minimum absolute atomic E-state index is 0.613. The van der Waals surface area contributed by atoms with Crippen LogP contribution in [0, 0.1) is 0 Å². The molecule has 0 atom stereocenters. The first-order valence-electron chi connectivity index (χ1n) is 28.4. The molecule has 0 saturated heterocycles. The number of hydrogen-bond acceptors (Lipinski definition) is 6. The van der Waals surface area contributed by atoms with Gasteiger partial charge in [0.15, 0.2) is 34.9 Å². The fraction of sp³-hybridized carbons (Fsp3) is 0.0133. The van der Waals surface area contributed by atoms with E-state index in [1.165, 1.54) is 27.3 Å². The highest BCUT2D eigenvalue weighted by atomic mass is 79.9. The molecular formula is C75H50Br3N9. The summed E-state index contributed by atoms with van der Waals surface area (Å²) >= 11 is 10.6. The predicted molar refractivity (Wildman–Crippen MR) is 365 cm³/mol. The van der Waals surface area contributed by atoms with Crippen LogP contribution in [0.5, 0.6) is 0 Å². The molecule has 0 fully saturated rings. The number of fused-ring (bicyclic) bond motifs is 4. The van der Waals surface area contributed by atoms with Gasteiger partial charge in [-0.3, -0.25) is 0 Å². The topological polar surface area (TPSA) is 92.1 Å². The minimum atomic E-state index is 0.613. The average molecular weight is 1320 g/mol. The normalized spacial score (nSPS) is 11.5. The molecule has 0 N–H and O–H groups in total. The van der Waals surface area contributed by atoms with Crippen molar-refractivity contribution >= 4 is 86.6 Å². The third kappa shape index (κ3) is 11.9. The maximum atomic E-state index is 5.14. The molecule has 12 heteroatoms. The molecule has 10 aromatic carbocycles. The summed E-state index contributed by atoms with van der Waals surface area (Å²) in [7, 11) is 0. The highest BCUT2D eigenvalue weighted by molar-refractivity contribution is 9.11. The summed E-state index contributed by atoms with van der Waals surface area (Å²) < 4.78 is 9.56. The Kier molecular flexibility index (Phi) is 15.5. The van der Waals surface area contributed by atoms with E-state index in [1.54, 1.807) is 0 Å². The monoisotopic (exact) mass is 1310 g/mol. The summed E-state index contributed by atoms with van der Waals surface area (Å²) in [6.45, 7) is 0. The Balaban J connectivity index is 0.000000153. The van der Waals surface area contributed by atoms with Crippen molar-refractivity contribution < 1.29 is 0 Å². The van der Waals surface area contributed by atoms with E-state index >= 15 is 0 Å². The van der Waals surface area contributed by atoms with Gasteiger partial charge in [0, 0.05) is 82.5 Å². The van der Waals surface area contributed by atoms with Gasteiger partial charge in [-0.1, -0.05) is 212 Å². The van der Waals surface area contributed by atoms with Gasteiger partial charge >= 0.3 is 0 Å². The van der Waals surface area contributed by atoms with Crippen LogP contribution in [0.4, 0.5) is 0 Å². The van der Waals surface area contributed by atoms with Crippen molar-refractivity contribution in [3.8, 4) is 85.4 Å². The van der Waals surface area contributed by atoms with Gasteiger partial charge in [-0.25, -0.2) is 29.9 Å². The van der Waals surface area contributed by atoms with Crippen LogP contribution in [0.15, 0.2) is 299 Å². The zero-order valence-corrected chi connectivity index (χ0v) is 51.3. The Morgan fingerprint density at radius 1 is 0.276 bits per heavy atom. The third-order valence-corrected chi connectivity index (χ3v) is 16.6. The summed E-state index contributed by atoms with van der Waals surface area (Å²) in [6.07, 6.45) is 11.8. The third-order valence-electron chi connectivity index (χ3n) is 15.2. The Morgan fingerprint density at radius 2 is 0.575 bits per heavy atom. The van der Waals surface area contributed by atoms with Crippen LogP contribution in [-0.2, 0) is 6.42 Å². The molecule has 0 bridgehead atoms. The number of benzene rings is 10. The van der Waals surface area contributed by atoms with Crippen LogP contribution < -0.4 is 0 Å². The zero-order valence-electron chi connectivity index (χ0n) is 46.6. The van der Waals surface area contributed by atoms with E-state index in [2.05, 4.69) is 280 Å². The SMILES string of the molecule is Brc1cccc(-c2nc(-c3cccc(Br)c3)nc(-c3cccc(Br)c3)n2)c1.C1=Cc2ccccc2C1.c1cc(-c2nc(-c3cccc(-n4ccc5ccccc54)c3)nc(-c3cccc(-n4ccc5ccccc54)c3)n2)cc(-n2ccc3ccccc32)c1. The van der Waals surface area contributed by atoms with E-state index in [-0.39, 0.29) is 0 Å². The molecule has 16 rings (SSSR count).